The lowest BCUT2D eigenvalue weighted by atomic mass is 10.0. The Morgan fingerprint density at radius 1 is 0.527 bits per heavy atom. The predicted molar refractivity (Wildman–Crippen MR) is 218 cm³/mol. The minimum atomic E-state index is -0.0477. The summed E-state index contributed by atoms with van der Waals surface area (Å²) in [7, 11) is 0. The van der Waals surface area contributed by atoms with Gasteiger partial charge >= 0.3 is 6.03 Å². The number of nitrogens with one attached hydrogen (secondary N) is 2. The summed E-state index contributed by atoms with van der Waals surface area (Å²) in [5, 5.41) is 6.45. The third-order valence-electron chi connectivity index (χ3n) is 9.76. The third-order valence-corrected chi connectivity index (χ3v) is 11.3. The molecule has 0 aliphatic carbocycles. The zero-order chi connectivity index (χ0) is 39.6. The summed E-state index contributed by atoms with van der Waals surface area (Å²) >= 11 is 1.92. The lowest BCUT2D eigenvalue weighted by Crippen LogP contribution is -2.36. The minimum Gasteiger partial charge on any atom is -0.381 e. The second-order valence-corrected chi connectivity index (χ2v) is 16.5. The fourth-order valence-corrected chi connectivity index (χ4v) is 7.98. The molecule has 0 spiro atoms. The van der Waals surface area contributed by atoms with Gasteiger partial charge in [-0.15, -0.1) is 0 Å². The highest BCUT2D eigenvalue weighted by molar-refractivity contribution is 8.00. The molecule has 2 amide bonds. The topological polar surface area (TPSA) is 148 Å². The molecule has 2 unspecified atom stereocenters. The van der Waals surface area contributed by atoms with Crippen LogP contribution in [0, 0.1) is 5.92 Å². The van der Waals surface area contributed by atoms with Crippen LogP contribution in [0.25, 0.3) is 0 Å². The van der Waals surface area contributed by atoms with Crippen LogP contribution in [0.15, 0.2) is 0 Å². The quantitative estimate of drug-likeness (QED) is 0.0486. The van der Waals surface area contributed by atoms with Gasteiger partial charge in [0.15, 0.2) is 0 Å². The Kier molecular flexibility index (Phi) is 31.0. The summed E-state index contributed by atoms with van der Waals surface area (Å²) in [4.78, 5) is 48.0. The zero-order valence-electron chi connectivity index (χ0n) is 34.4. The van der Waals surface area contributed by atoms with Crippen LogP contribution in [0.2, 0.25) is 0 Å². The van der Waals surface area contributed by atoms with Gasteiger partial charge in [-0.3, -0.25) is 14.4 Å². The maximum Gasteiger partial charge on any atom is 0.315 e. The number of rotatable bonds is 41. The Hall–Kier alpha value is -1.61. The second kappa shape index (κ2) is 34.4. The summed E-state index contributed by atoms with van der Waals surface area (Å²) in [6.45, 7) is 12.1. The Morgan fingerprint density at radius 3 is 1.42 bits per heavy atom. The van der Waals surface area contributed by atoms with E-state index in [0.29, 0.717) is 121 Å². The van der Waals surface area contributed by atoms with Crippen LogP contribution in [0.4, 0.5) is 4.79 Å². The smallest absolute Gasteiger partial charge is 0.315 e. The molecular weight excluding hydrogens is 725 g/mol. The second-order valence-electron chi connectivity index (χ2n) is 15.3. The Balaban J connectivity index is 1.21. The number of carbonyl (C=O) groups is 4. The third kappa shape index (κ3) is 28.4. The molecule has 0 radical (unpaired) electrons. The van der Waals surface area contributed by atoms with Crippen molar-refractivity contribution in [3.05, 3.63) is 0 Å². The van der Waals surface area contributed by atoms with Gasteiger partial charge in [0.25, 0.3) is 0 Å². The van der Waals surface area contributed by atoms with Crippen molar-refractivity contribution in [2.24, 2.45) is 5.92 Å². The highest BCUT2D eigenvalue weighted by atomic mass is 32.2. The van der Waals surface area contributed by atoms with E-state index in [0.717, 1.165) is 103 Å². The van der Waals surface area contributed by atoms with Gasteiger partial charge in [-0.05, 0) is 83.0 Å². The van der Waals surface area contributed by atoms with Gasteiger partial charge in [-0.1, -0.05) is 20.3 Å². The number of amides is 2. The van der Waals surface area contributed by atoms with E-state index in [1.165, 1.54) is 0 Å². The number of hydrogen-bond acceptors (Lipinski definition) is 11. The SMILES string of the molecule is CC(C)CCOCCCOCCCOCCCCC(=O)CCCC(=O)CCCCOCCOCCOCCCCC(=O)CCCC[C@@H]1SCC2NC(=O)NC21. The van der Waals surface area contributed by atoms with Crippen molar-refractivity contribution in [3.63, 3.8) is 0 Å². The van der Waals surface area contributed by atoms with Gasteiger partial charge in [0.1, 0.15) is 17.3 Å². The summed E-state index contributed by atoms with van der Waals surface area (Å²) in [5.41, 5.74) is 0. The van der Waals surface area contributed by atoms with Crippen LogP contribution in [-0.2, 0) is 42.8 Å². The van der Waals surface area contributed by atoms with E-state index in [2.05, 4.69) is 24.5 Å². The van der Waals surface area contributed by atoms with Crippen molar-refractivity contribution < 1.29 is 47.6 Å². The molecule has 0 bridgehead atoms. The van der Waals surface area contributed by atoms with E-state index in [1.54, 1.807) is 0 Å². The lowest BCUT2D eigenvalue weighted by Gasteiger charge is -2.16. The van der Waals surface area contributed by atoms with Crippen LogP contribution < -0.4 is 10.6 Å². The van der Waals surface area contributed by atoms with E-state index >= 15 is 0 Å². The first kappa shape index (κ1) is 49.5. The molecule has 12 nitrogen and oxygen atoms in total. The molecule has 2 fully saturated rings. The number of Topliss-reactive ketones (excluding diaryl/α,β-unsaturated/α-hetero) is 3. The largest absolute Gasteiger partial charge is 0.381 e. The van der Waals surface area contributed by atoms with Crippen LogP contribution in [0.3, 0.4) is 0 Å². The molecule has 2 N–H and O–H groups in total. The van der Waals surface area contributed by atoms with Gasteiger partial charge in [0, 0.05) is 102 Å². The number of ether oxygens (including phenoxy) is 6. The van der Waals surface area contributed by atoms with Crippen molar-refractivity contribution in [2.45, 2.75) is 153 Å². The molecule has 0 aromatic heterocycles. The summed E-state index contributed by atoms with van der Waals surface area (Å²) in [6, 6.07) is 0.454. The van der Waals surface area contributed by atoms with Crippen LogP contribution in [-0.4, -0.2) is 126 Å². The van der Waals surface area contributed by atoms with E-state index in [-0.39, 0.29) is 29.7 Å². The van der Waals surface area contributed by atoms with Crippen molar-refractivity contribution in [1.82, 2.24) is 10.6 Å². The van der Waals surface area contributed by atoms with Crippen molar-refractivity contribution in [1.29, 1.82) is 0 Å². The molecule has 55 heavy (non-hydrogen) atoms. The molecule has 2 aliphatic heterocycles. The molecule has 2 saturated heterocycles. The fourth-order valence-electron chi connectivity index (χ4n) is 6.44. The molecule has 2 heterocycles. The Labute approximate surface area is 336 Å². The first-order valence-electron chi connectivity index (χ1n) is 21.5. The summed E-state index contributed by atoms with van der Waals surface area (Å²) in [6.07, 6.45) is 14.9. The molecule has 13 heteroatoms. The zero-order valence-corrected chi connectivity index (χ0v) is 35.2. The van der Waals surface area contributed by atoms with E-state index < -0.39 is 0 Å². The molecule has 2 aliphatic rings. The summed E-state index contributed by atoms with van der Waals surface area (Å²) in [5.74, 6) is 2.44. The Bertz CT molecular complexity index is 1000. The standard InChI is InChI=1S/C42H76N2O10S/c1-35(2)21-29-51-28-13-27-50-26-12-25-49-22-8-5-16-37(46)18-11-19-38(47)17-7-10-24-53-31-33-54-32-30-52-23-9-6-15-36(45)14-3-4-20-40-41-39(34-55-40)43-42(48)44-41/h35,39-41H,3-34H2,1-2H3,(H2,43,44,48)/t39?,40-,41?/m0/s1. The van der Waals surface area contributed by atoms with Crippen molar-refractivity contribution in [2.75, 3.05) is 85.0 Å². The van der Waals surface area contributed by atoms with Gasteiger partial charge < -0.3 is 39.1 Å². The fraction of sp³-hybridized carbons (Fsp3) is 0.905. The van der Waals surface area contributed by atoms with Crippen LogP contribution in [0.1, 0.15) is 136 Å². The minimum absolute atomic E-state index is 0.0477. The average molecular weight is 801 g/mol. The van der Waals surface area contributed by atoms with Gasteiger partial charge in [0.2, 0.25) is 0 Å². The number of fused-ring (bicyclic) bond motifs is 1. The Morgan fingerprint density at radius 2 is 0.927 bits per heavy atom. The first-order chi connectivity index (χ1) is 26.8. The number of thioether (sulfide) groups is 1. The number of carbonyl (C=O) groups excluding carboxylic acids is 4. The first-order valence-corrected chi connectivity index (χ1v) is 22.6. The van der Waals surface area contributed by atoms with Crippen LogP contribution >= 0.6 is 11.8 Å². The van der Waals surface area contributed by atoms with E-state index in [4.69, 9.17) is 28.4 Å². The van der Waals surface area contributed by atoms with Crippen molar-refractivity contribution in [3.8, 4) is 0 Å². The van der Waals surface area contributed by atoms with E-state index in [1.807, 2.05) is 11.8 Å². The molecule has 0 aromatic carbocycles. The summed E-state index contributed by atoms with van der Waals surface area (Å²) < 4.78 is 33.6. The number of unbranched alkanes of at least 4 members (excludes halogenated alkanes) is 4. The molecule has 0 saturated carbocycles. The van der Waals surface area contributed by atoms with Gasteiger partial charge in [-0.2, -0.15) is 11.8 Å². The van der Waals surface area contributed by atoms with Crippen LogP contribution in [0.5, 0.6) is 0 Å². The van der Waals surface area contributed by atoms with Gasteiger partial charge in [0.05, 0.1) is 38.5 Å². The van der Waals surface area contributed by atoms with Crippen molar-refractivity contribution >= 4 is 35.1 Å². The monoisotopic (exact) mass is 801 g/mol. The highest BCUT2D eigenvalue weighted by Gasteiger charge is 2.42. The molecule has 0 aromatic rings. The molecule has 3 atom stereocenters. The highest BCUT2D eigenvalue weighted by Crippen LogP contribution is 2.33. The molecular formula is C42H76N2O10S. The normalized spacial score (nSPS) is 17.8. The maximum absolute atomic E-state index is 12.2. The lowest BCUT2D eigenvalue weighted by molar-refractivity contribution is -0.121. The maximum atomic E-state index is 12.2. The number of urea groups is 1. The van der Waals surface area contributed by atoms with E-state index in [9.17, 15) is 19.2 Å². The molecule has 2 rings (SSSR count). The number of hydrogen-bond donors (Lipinski definition) is 2. The average Bonchev–Trinajstić information content (AvgIpc) is 3.72. The predicted octanol–water partition coefficient (Wildman–Crippen LogP) is 7.03. The number of ketones is 3. The molecule has 320 valence electrons. The van der Waals surface area contributed by atoms with Gasteiger partial charge in [-0.25, -0.2) is 4.79 Å².